The maximum absolute atomic E-state index is 12.1. The first-order valence-electron chi connectivity index (χ1n) is 6.24. The summed E-state index contributed by atoms with van der Waals surface area (Å²) in [6.07, 6.45) is 1.59. The largest absolute Gasteiger partial charge is 0.480 e. The number of amides is 1. The molecular weight excluding hydrogens is 254 g/mol. The van der Waals surface area contributed by atoms with Gasteiger partial charge in [-0.15, -0.1) is 0 Å². The van der Waals surface area contributed by atoms with E-state index in [9.17, 15) is 4.79 Å². The lowest BCUT2D eigenvalue weighted by Crippen LogP contribution is -2.27. The van der Waals surface area contributed by atoms with Crippen LogP contribution in [0.1, 0.15) is 17.2 Å². The van der Waals surface area contributed by atoms with Gasteiger partial charge in [-0.3, -0.25) is 4.79 Å². The number of rotatable bonds is 4. The third kappa shape index (κ3) is 3.13. The highest BCUT2D eigenvalue weighted by Crippen LogP contribution is 2.21. The number of nitrogens with zero attached hydrogens (tertiary/aromatic N) is 1. The van der Waals surface area contributed by atoms with E-state index in [1.807, 2.05) is 31.2 Å². The number of benzene rings is 1. The van der Waals surface area contributed by atoms with E-state index in [0.29, 0.717) is 11.6 Å². The van der Waals surface area contributed by atoms with Crippen molar-refractivity contribution in [3.63, 3.8) is 0 Å². The van der Waals surface area contributed by atoms with Crippen LogP contribution in [-0.2, 0) is 4.79 Å². The molecule has 0 aliphatic rings. The first-order valence-corrected chi connectivity index (χ1v) is 6.24. The van der Waals surface area contributed by atoms with Crippen LogP contribution >= 0.6 is 0 Å². The monoisotopic (exact) mass is 271 g/mol. The second-order valence-electron chi connectivity index (χ2n) is 4.44. The number of hydrogen-bond donors (Lipinski definition) is 2. The second kappa shape index (κ2) is 6.16. The van der Waals surface area contributed by atoms with Crippen molar-refractivity contribution in [2.24, 2.45) is 5.73 Å². The van der Waals surface area contributed by atoms with Crippen molar-refractivity contribution in [1.82, 2.24) is 4.98 Å². The maximum atomic E-state index is 12.1. The standard InChI is InChI=1S/C15H17N3O2/c1-10-5-7-11(8-6-10)13(16)14(19)18-12-4-3-9-17-15(12)20-2/h3-9,13H,16H2,1-2H3,(H,18,19). The quantitative estimate of drug-likeness (QED) is 0.892. The summed E-state index contributed by atoms with van der Waals surface area (Å²) in [6, 6.07) is 10.2. The van der Waals surface area contributed by atoms with Crippen LogP contribution in [0.25, 0.3) is 0 Å². The van der Waals surface area contributed by atoms with Crippen LogP contribution in [0.5, 0.6) is 5.88 Å². The Labute approximate surface area is 117 Å². The Balaban J connectivity index is 2.13. The van der Waals surface area contributed by atoms with Crippen LogP contribution in [0, 0.1) is 6.92 Å². The smallest absolute Gasteiger partial charge is 0.246 e. The number of carbonyl (C=O) groups is 1. The lowest BCUT2D eigenvalue weighted by atomic mass is 10.1. The molecule has 1 unspecified atom stereocenters. The van der Waals surface area contributed by atoms with Gasteiger partial charge in [-0.05, 0) is 24.6 Å². The molecule has 5 nitrogen and oxygen atoms in total. The fraction of sp³-hybridized carbons (Fsp3) is 0.200. The fourth-order valence-electron chi connectivity index (χ4n) is 1.78. The van der Waals surface area contributed by atoms with Gasteiger partial charge < -0.3 is 15.8 Å². The summed E-state index contributed by atoms with van der Waals surface area (Å²) < 4.78 is 5.08. The highest BCUT2D eigenvalue weighted by atomic mass is 16.5. The Morgan fingerprint density at radius 3 is 2.65 bits per heavy atom. The fourth-order valence-corrected chi connectivity index (χ4v) is 1.78. The molecule has 0 fully saturated rings. The van der Waals surface area contributed by atoms with Crippen molar-refractivity contribution in [1.29, 1.82) is 0 Å². The normalized spacial score (nSPS) is 11.8. The van der Waals surface area contributed by atoms with Gasteiger partial charge in [0.05, 0.1) is 7.11 Å². The van der Waals surface area contributed by atoms with Gasteiger partial charge in [0.15, 0.2) is 0 Å². The maximum Gasteiger partial charge on any atom is 0.246 e. The van der Waals surface area contributed by atoms with Gasteiger partial charge in [-0.25, -0.2) is 4.98 Å². The van der Waals surface area contributed by atoms with Gasteiger partial charge in [0, 0.05) is 6.20 Å². The molecule has 1 atom stereocenters. The first-order chi connectivity index (χ1) is 9.61. The van der Waals surface area contributed by atoms with Gasteiger partial charge >= 0.3 is 0 Å². The first kappa shape index (κ1) is 14.0. The number of pyridine rings is 1. The Kier molecular flexibility index (Phi) is 4.32. The molecule has 104 valence electrons. The van der Waals surface area contributed by atoms with E-state index < -0.39 is 6.04 Å². The van der Waals surface area contributed by atoms with Crippen LogP contribution < -0.4 is 15.8 Å². The second-order valence-corrected chi connectivity index (χ2v) is 4.44. The summed E-state index contributed by atoms with van der Waals surface area (Å²) in [5.41, 5.74) is 8.34. The molecule has 1 heterocycles. The molecule has 0 aliphatic carbocycles. The summed E-state index contributed by atoms with van der Waals surface area (Å²) >= 11 is 0. The van der Waals surface area contributed by atoms with E-state index in [-0.39, 0.29) is 5.91 Å². The topological polar surface area (TPSA) is 77.2 Å². The van der Waals surface area contributed by atoms with Gasteiger partial charge in [0.2, 0.25) is 11.8 Å². The number of ether oxygens (including phenoxy) is 1. The Morgan fingerprint density at radius 1 is 1.30 bits per heavy atom. The van der Waals surface area contributed by atoms with Crippen LogP contribution in [0.15, 0.2) is 42.6 Å². The summed E-state index contributed by atoms with van der Waals surface area (Å²) in [6.45, 7) is 1.98. The zero-order chi connectivity index (χ0) is 14.5. The Hall–Kier alpha value is -2.40. The predicted molar refractivity (Wildman–Crippen MR) is 77.5 cm³/mol. The third-order valence-electron chi connectivity index (χ3n) is 2.94. The van der Waals surface area contributed by atoms with Gasteiger partial charge in [0.1, 0.15) is 11.7 Å². The summed E-state index contributed by atoms with van der Waals surface area (Å²) in [5, 5.41) is 2.72. The molecule has 0 saturated carbocycles. The van der Waals surface area contributed by atoms with E-state index >= 15 is 0 Å². The number of aromatic nitrogens is 1. The lowest BCUT2D eigenvalue weighted by molar-refractivity contribution is -0.117. The van der Waals surface area contributed by atoms with Gasteiger partial charge in [-0.2, -0.15) is 0 Å². The average Bonchev–Trinajstić information content (AvgIpc) is 2.48. The molecule has 5 heteroatoms. The minimum Gasteiger partial charge on any atom is -0.480 e. The van der Waals surface area contributed by atoms with Crippen molar-refractivity contribution in [2.75, 3.05) is 12.4 Å². The molecule has 0 aliphatic heterocycles. The molecule has 1 aromatic carbocycles. The molecule has 1 aromatic heterocycles. The molecular formula is C15H17N3O2. The molecule has 20 heavy (non-hydrogen) atoms. The number of anilines is 1. The number of carbonyl (C=O) groups excluding carboxylic acids is 1. The van der Waals surface area contributed by atoms with Crippen molar-refractivity contribution in [2.45, 2.75) is 13.0 Å². The van der Waals surface area contributed by atoms with E-state index in [1.165, 1.54) is 7.11 Å². The molecule has 0 radical (unpaired) electrons. The summed E-state index contributed by atoms with van der Waals surface area (Å²) in [4.78, 5) is 16.2. The van der Waals surface area contributed by atoms with E-state index in [2.05, 4.69) is 10.3 Å². The van der Waals surface area contributed by atoms with Crippen LogP contribution in [-0.4, -0.2) is 18.0 Å². The number of nitrogens with two attached hydrogens (primary N) is 1. The van der Waals surface area contributed by atoms with E-state index in [4.69, 9.17) is 10.5 Å². The molecule has 2 rings (SSSR count). The minimum absolute atomic E-state index is 0.305. The molecule has 0 spiro atoms. The Bertz CT molecular complexity index is 596. The van der Waals surface area contributed by atoms with Crippen molar-refractivity contribution in [3.05, 3.63) is 53.7 Å². The zero-order valence-electron chi connectivity index (χ0n) is 11.5. The molecule has 1 amide bonds. The van der Waals surface area contributed by atoms with Crippen molar-refractivity contribution in [3.8, 4) is 5.88 Å². The predicted octanol–water partition coefficient (Wildman–Crippen LogP) is 2.04. The van der Waals surface area contributed by atoms with Crippen LogP contribution in [0.2, 0.25) is 0 Å². The lowest BCUT2D eigenvalue weighted by Gasteiger charge is -2.14. The third-order valence-corrected chi connectivity index (χ3v) is 2.94. The number of methoxy groups -OCH3 is 1. The summed E-state index contributed by atoms with van der Waals surface area (Å²) in [7, 11) is 1.50. The van der Waals surface area contributed by atoms with Crippen LogP contribution in [0.3, 0.4) is 0 Å². The van der Waals surface area contributed by atoms with Crippen molar-refractivity contribution >= 4 is 11.6 Å². The average molecular weight is 271 g/mol. The molecule has 2 aromatic rings. The number of nitrogens with one attached hydrogen (secondary N) is 1. The van der Waals surface area contributed by atoms with Gasteiger partial charge in [-0.1, -0.05) is 29.8 Å². The van der Waals surface area contributed by atoms with Crippen molar-refractivity contribution < 1.29 is 9.53 Å². The Morgan fingerprint density at radius 2 is 2.00 bits per heavy atom. The number of aryl methyl sites for hydroxylation is 1. The highest BCUT2D eigenvalue weighted by molar-refractivity contribution is 5.96. The van der Waals surface area contributed by atoms with E-state index in [1.54, 1.807) is 18.3 Å². The van der Waals surface area contributed by atoms with E-state index in [0.717, 1.165) is 11.1 Å². The summed E-state index contributed by atoms with van der Waals surface area (Å²) in [5.74, 6) is 0.0529. The van der Waals surface area contributed by atoms with Gasteiger partial charge in [0.25, 0.3) is 0 Å². The minimum atomic E-state index is -0.736. The zero-order valence-corrected chi connectivity index (χ0v) is 11.5. The SMILES string of the molecule is COc1ncccc1NC(=O)C(N)c1ccc(C)cc1. The highest BCUT2D eigenvalue weighted by Gasteiger charge is 2.17. The number of hydrogen-bond acceptors (Lipinski definition) is 4. The molecule has 0 bridgehead atoms. The molecule has 0 saturated heterocycles. The molecule has 3 N–H and O–H groups in total. The van der Waals surface area contributed by atoms with Crippen LogP contribution in [0.4, 0.5) is 5.69 Å².